The number of carbonyl (C=O) groups excluding carboxylic acids is 1. The Morgan fingerprint density at radius 1 is 1.35 bits per heavy atom. The SMILES string of the molecule is CCOC1CC(NC(=O)c2cn(C3CCNCC3)nn2)C12CCCCC2. The third-order valence-corrected chi connectivity index (χ3v) is 6.67. The summed E-state index contributed by atoms with van der Waals surface area (Å²) in [5.41, 5.74) is 0.573. The number of nitrogens with zero attached hydrogens (tertiary/aromatic N) is 3. The van der Waals surface area contributed by atoms with Gasteiger partial charge < -0.3 is 15.4 Å². The standard InChI is InChI=1S/C19H31N5O2/c1-2-26-17-12-16(19(17)8-4-3-5-9-19)21-18(25)15-13-24(23-22-15)14-6-10-20-11-7-14/h13-14,16-17,20H,2-12H2,1H3,(H,21,25). The Morgan fingerprint density at radius 2 is 2.12 bits per heavy atom. The van der Waals surface area contributed by atoms with Gasteiger partial charge in [0.25, 0.3) is 5.91 Å². The Bertz CT molecular complexity index is 619. The highest BCUT2D eigenvalue weighted by Crippen LogP contribution is 2.53. The maximum absolute atomic E-state index is 12.8. The van der Waals surface area contributed by atoms with Gasteiger partial charge in [0.05, 0.1) is 18.3 Å². The van der Waals surface area contributed by atoms with Crippen molar-refractivity contribution in [2.24, 2.45) is 5.41 Å². The lowest BCUT2D eigenvalue weighted by Gasteiger charge is -2.57. The highest BCUT2D eigenvalue weighted by Gasteiger charge is 2.56. The van der Waals surface area contributed by atoms with Crippen LogP contribution in [0.4, 0.5) is 0 Å². The summed E-state index contributed by atoms with van der Waals surface area (Å²) in [6, 6.07) is 0.553. The Kier molecular flexibility index (Phi) is 5.27. The van der Waals surface area contributed by atoms with Gasteiger partial charge in [-0.25, -0.2) is 4.68 Å². The molecule has 0 radical (unpaired) electrons. The van der Waals surface area contributed by atoms with Crippen LogP contribution < -0.4 is 10.6 Å². The molecule has 3 fully saturated rings. The first-order valence-corrected chi connectivity index (χ1v) is 10.3. The van der Waals surface area contributed by atoms with E-state index >= 15 is 0 Å². The number of nitrogens with one attached hydrogen (secondary N) is 2. The maximum atomic E-state index is 12.8. The molecule has 1 saturated heterocycles. The molecule has 2 N–H and O–H groups in total. The molecule has 2 atom stereocenters. The van der Waals surface area contributed by atoms with Gasteiger partial charge in [0.15, 0.2) is 5.69 Å². The van der Waals surface area contributed by atoms with Crippen LogP contribution in [0.3, 0.4) is 0 Å². The molecular formula is C19H31N5O2. The highest BCUT2D eigenvalue weighted by atomic mass is 16.5. The molecule has 1 amide bonds. The zero-order chi connectivity index (χ0) is 18.0. The van der Waals surface area contributed by atoms with E-state index in [1.807, 2.05) is 10.9 Å². The Balaban J connectivity index is 1.40. The molecule has 3 aliphatic rings. The van der Waals surface area contributed by atoms with Crippen LogP contribution in [0.2, 0.25) is 0 Å². The van der Waals surface area contributed by atoms with Gasteiger partial charge in [0.2, 0.25) is 0 Å². The van der Waals surface area contributed by atoms with E-state index in [1.165, 1.54) is 19.3 Å². The van der Waals surface area contributed by atoms with E-state index in [0.29, 0.717) is 17.8 Å². The molecule has 1 spiro atoms. The van der Waals surface area contributed by atoms with Crippen molar-refractivity contribution in [2.45, 2.75) is 76.5 Å². The lowest BCUT2D eigenvalue weighted by Crippen LogP contribution is -2.65. The molecule has 7 heteroatoms. The lowest BCUT2D eigenvalue weighted by molar-refractivity contribution is -0.146. The zero-order valence-corrected chi connectivity index (χ0v) is 15.7. The van der Waals surface area contributed by atoms with Crippen LogP contribution in [0.5, 0.6) is 0 Å². The molecule has 0 aromatic carbocycles. The molecule has 2 heterocycles. The summed E-state index contributed by atoms with van der Waals surface area (Å²) in [4.78, 5) is 12.8. The maximum Gasteiger partial charge on any atom is 0.273 e. The van der Waals surface area contributed by atoms with Crippen LogP contribution >= 0.6 is 0 Å². The molecule has 1 aromatic rings. The lowest BCUT2D eigenvalue weighted by atomic mass is 9.55. The van der Waals surface area contributed by atoms with E-state index < -0.39 is 0 Å². The molecule has 4 rings (SSSR count). The normalized spacial score (nSPS) is 28.7. The predicted octanol–water partition coefficient (Wildman–Crippen LogP) is 2.06. The van der Waals surface area contributed by atoms with E-state index in [2.05, 4.69) is 27.9 Å². The third kappa shape index (κ3) is 3.27. The van der Waals surface area contributed by atoms with Crippen LogP contribution in [0.1, 0.15) is 74.8 Å². The number of hydrogen-bond donors (Lipinski definition) is 2. The number of ether oxygens (including phenoxy) is 1. The van der Waals surface area contributed by atoms with E-state index in [4.69, 9.17) is 4.74 Å². The average molecular weight is 361 g/mol. The molecular weight excluding hydrogens is 330 g/mol. The summed E-state index contributed by atoms with van der Waals surface area (Å²) in [7, 11) is 0. The number of amides is 1. The smallest absolute Gasteiger partial charge is 0.273 e. The molecule has 1 aliphatic heterocycles. The Hall–Kier alpha value is -1.47. The second-order valence-corrected chi connectivity index (χ2v) is 8.06. The number of carbonyl (C=O) groups is 1. The van der Waals surface area contributed by atoms with Gasteiger partial charge in [-0.15, -0.1) is 5.10 Å². The number of rotatable bonds is 5. The predicted molar refractivity (Wildman–Crippen MR) is 98.0 cm³/mol. The second-order valence-electron chi connectivity index (χ2n) is 8.06. The molecule has 1 aromatic heterocycles. The first kappa shape index (κ1) is 17.9. The molecule has 7 nitrogen and oxygen atoms in total. The topological polar surface area (TPSA) is 81.1 Å². The fraction of sp³-hybridized carbons (Fsp3) is 0.842. The molecule has 144 valence electrons. The van der Waals surface area contributed by atoms with E-state index in [0.717, 1.165) is 51.8 Å². The molecule has 2 unspecified atom stereocenters. The van der Waals surface area contributed by atoms with Crippen molar-refractivity contribution < 1.29 is 9.53 Å². The van der Waals surface area contributed by atoms with Gasteiger partial charge in [-0.2, -0.15) is 0 Å². The zero-order valence-electron chi connectivity index (χ0n) is 15.7. The van der Waals surface area contributed by atoms with Crippen LogP contribution in [-0.2, 0) is 4.74 Å². The van der Waals surface area contributed by atoms with Crippen LogP contribution in [0.15, 0.2) is 6.20 Å². The van der Waals surface area contributed by atoms with Gasteiger partial charge in [0, 0.05) is 18.1 Å². The Morgan fingerprint density at radius 3 is 2.85 bits per heavy atom. The molecule has 26 heavy (non-hydrogen) atoms. The van der Waals surface area contributed by atoms with Crippen molar-refractivity contribution in [3.05, 3.63) is 11.9 Å². The average Bonchev–Trinajstić information content (AvgIpc) is 3.19. The van der Waals surface area contributed by atoms with Gasteiger partial charge in [-0.1, -0.05) is 24.5 Å². The van der Waals surface area contributed by atoms with E-state index in [1.54, 1.807) is 0 Å². The van der Waals surface area contributed by atoms with Crippen molar-refractivity contribution in [1.29, 1.82) is 0 Å². The summed E-state index contributed by atoms with van der Waals surface area (Å²) in [6.45, 7) is 4.80. The fourth-order valence-corrected chi connectivity index (χ4v) is 5.13. The minimum Gasteiger partial charge on any atom is -0.378 e. The first-order chi connectivity index (χ1) is 12.7. The van der Waals surface area contributed by atoms with Gasteiger partial charge in [0.1, 0.15) is 0 Å². The second kappa shape index (κ2) is 7.64. The quantitative estimate of drug-likeness (QED) is 0.839. The fourth-order valence-electron chi connectivity index (χ4n) is 5.13. The molecule has 2 aliphatic carbocycles. The molecule has 2 saturated carbocycles. The number of piperidine rings is 1. The summed E-state index contributed by atoms with van der Waals surface area (Å²) in [5.74, 6) is -0.0879. The number of hydrogen-bond acceptors (Lipinski definition) is 5. The Labute approximate surface area is 155 Å². The van der Waals surface area contributed by atoms with Crippen LogP contribution in [0.25, 0.3) is 0 Å². The van der Waals surface area contributed by atoms with Crippen molar-refractivity contribution >= 4 is 5.91 Å². The van der Waals surface area contributed by atoms with Crippen molar-refractivity contribution in [3.8, 4) is 0 Å². The van der Waals surface area contributed by atoms with Gasteiger partial charge in [-0.3, -0.25) is 4.79 Å². The minimum absolute atomic E-state index is 0.0879. The highest BCUT2D eigenvalue weighted by molar-refractivity contribution is 5.92. The van der Waals surface area contributed by atoms with E-state index in [-0.39, 0.29) is 17.4 Å². The summed E-state index contributed by atoms with van der Waals surface area (Å²) in [6.07, 6.45) is 11.2. The largest absolute Gasteiger partial charge is 0.378 e. The summed E-state index contributed by atoms with van der Waals surface area (Å²) in [5, 5.41) is 15.0. The van der Waals surface area contributed by atoms with E-state index in [9.17, 15) is 4.79 Å². The number of aromatic nitrogens is 3. The monoisotopic (exact) mass is 361 g/mol. The van der Waals surface area contributed by atoms with Crippen molar-refractivity contribution in [2.75, 3.05) is 19.7 Å². The minimum atomic E-state index is -0.0879. The van der Waals surface area contributed by atoms with Crippen LogP contribution in [-0.4, -0.2) is 52.7 Å². The van der Waals surface area contributed by atoms with Crippen LogP contribution in [0, 0.1) is 5.41 Å². The van der Waals surface area contributed by atoms with Gasteiger partial charge in [-0.05, 0) is 52.1 Å². The summed E-state index contributed by atoms with van der Waals surface area (Å²) >= 11 is 0. The third-order valence-electron chi connectivity index (χ3n) is 6.67. The van der Waals surface area contributed by atoms with Crippen molar-refractivity contribution in [3.63, 3.8) is 0 Å². The van der Waals surface area contributed by atoms with Crippen molar-refractivity contribution in [1.82, 2.24) is 25.6 Å². The summed E-state index contributed by atoms with van der Waals surface area (Å²) < 4.78 is 7.85. The molecule has 0 bridgehead atoms. The first-order valence-electron chi connectivity index (χ1n) is 10.3. The van der Waals surface area contributed by atoms with Gasteiger partial charge >= 0.3 is 0 Å².